The van der Waals surface area contributed by atoms with Crippen LogP contribution in [-0.4, -0.2) is 48.8 Å². The summed E-state index contributed by atoms with van der Waals surface area (Å²) in [7, 11) is 0. The van der Waals surface area contributed by atoms with Crippen LogP contribution in [0.5, 0.6) is 0 Å². The Morgan fingerprint density at radius 1 is 1.59 bits per heavy atom. The quantitative estimate of drug-likeness (QED) is 0.809. The number of nitrogens with zero attached hydrogens (tertiary/aromatic N) is 2. The fourth-order valence-corrected chi connectivity index (χ4v) is 1.92. The maximum Gasteiger partial charge on any atom is 0.126 e. The lowest BCUT2D eigenvalue weighted by Crippen LogP contribution is -2.45. The average molecular weight is 236 g/mol. The number of likely N-dealkylation sites (N-methyl/N-ethyl adjacent to an activating group) is 1. The van der Waals surface area contributed by atoms with Gasteiger partial charge in [0.2, 0.25) is 0 Å². The summed E-state index contributed by atoms with van der Waals surface area (Å²) in [6.45, 7) is 6.88. The number of pyridine rings is 1. The molecule has 2 heterocycles. The van der Waals surface area contributed by atoms with Gasteiger partial charge in [-0.25, -0.2) is 4.98 Å². The molecule has 0 spiro atoms. The molecule has 0 aromatic carbocycles. The molecule has 1 aliphatic heterocycles. The fraction of sp³-hybridized carbons (Fsp3) is 0.583. The Kier molecular flexibility index (Phi) is 4.17. The molecule has 1 saturated heterocycles. The molecule has 1 aromatic rings. The summed E-state index contributed by atoms with van der Waals surface area (Å²) < 4.78 is 5.70. The number of nitrogen functional groups attached to an aromatic ring is 1. The summed E-state index contributed by atoms with van der Waals surface area (Å²) in [6.07, 6.45) is 1.89. The van der Waals surface area contributed by atoms with Crippen LogP contribution in [0.1, 0.15) is 6.92 Å². The van der Waals surface area contributed by atoms with E-state index in [0.29, 0.717) is 5.69 Å². The van der Waals surface area contributed by atoms with Crippen LogP contribution >= 0.6 is 0 Å². The number of anilines is 2. The van der Waals surface area contributed by atoms with Gasteiger partial charge in [-0.1, -0.05) is 6.92 Å². The van der Waals surface area contributed by atoms with Crippen molar-refractivity contribution in [1.29, 1.82) is 0 Å². The molecular weight excluding hydrogens is 216 g/mol. The number of rotatable bonds is 4. The lowest BCUT2D eigenvalue weighted by atomic mass is 10.2. The second-order valence-corrected chi connectivity index (χ2v) is 4.24. The van der Waals surface area contributed by atoms with Gasteiger partial charge >= 0.3 is 0 Å². The molecule has 1 fully saturated rings. The van der Waals surface area contributed by atoms with Crippen LogP contribution in [0.25, 0.3) is 0 Å². The minimum absolute atomic E-state index is 0.239. The zero-order valence-corrected chi connectivity index (χ0v) is 10.2. The summed E-state index contributed by atoms with van der Waals surface area (Å²) in [6, 6.07) is 3.73. The van der Waals surface area contributed by atoms with Gasteiger partial charge in [0.05, 0.1) is 24.6 Å². The van der Waals surface area contributed by atoms with E-state index in [1.54, 1.807) is 6.20 Å². The Balaban J connectivity index is 1.79. The van der Waals surface area contributed by atoms with Gasteiger partial charge in [0.15, 0.2) is 0 Å². The lowest BCUT2D eigenvalue weighted by molar-refractivity contribution is -0.0192. The zero-order chi connectivity index (χ0) is 12.1. The smallest absolute Gasteiger partial charge is 0.126 e. The van der Waals surface area contributed by atoms with Crippen molar-refractivity contribution in [2.45, 2.75) is 13.0 Å². The van der Waals surface area contributed by atoms with Crippen molar-refractivity contribution >= 4 is 11.5 Å². The summed E-state index contributed by atoms with van der Waals surface area (Å²) in [5.41, 5.74) is 6.26. The number of morpholine rings is 1. The monoisotopic (exact) mass is 236 g/mol. The van der Waals surface area contributed by atoms with E-state index in [1.165, 1.54) is 0 Å². The number of aromatic nitrogens is 1. The molecule has 94 valence electrons. The molecule has 2 rings (SSSR count). The standard InChI is InChI=1S/C12H20N4O/c1-2-16-5-6-17-11(9-16)8-15-12-4-3-10(13)7-14-12/h3-4,7,11H,2,5-6,8-9,13H2,1H3,(H,14,15). The third-order valence-electron chi connectivity index (χ3n) is 2.97. The number of nitrogens with two attached hydrogens (primary N) is 1. The molecule has 1 aromatic heterocycles. The number of ether oxygens (including phenoxy) is 1. The van der Waals surface area contributed by atoms with Crippen molar-refractivity contribution in [3.63, 3.8) is 0 Å². The Labute approximate surface area is 102 Å². The third kappa shape index (κ3) is 3.57. The van der Waals surface area contributed by atoms with E-state index >= 15 is 0 Å². The highest BCUT2D eigenvalue weighted by Gasteiger charge is 2.18. The largest absolute Gasteiger partial charge is 0.397 e. The highest BCUT2D eigenvalue weighted by atomic mass is 16.5. The molecule has 0 bridgehead atoms. The van der Waals surface area contributed by atoms with Crippen molar-refractivity contribution in [1.82, 2.24) is 9.88 Å². The van der Waals surface area contributed by atoms with Crippen LogP contribution in [0.2, 0.25) is 0 Å². The fourth-order valence-electron chi connectivity index (χ4n) is 1.92. The zero-order valence-electron chi connectivity index (χ0n) is 10.2. The molecule has 0 saturated carbocycles. The van der Waals surface area contributed by atoms with E-state index in [2.05, 4.69) is 22.1 Å². The molecule has 3 N–H and O–H groups in total. The first-order chi connectivity index (χ1) is 8.28. The molecule has 1 atom stereocenters. The van der Waals surface area contributed by atoms with Gasteiger partial charge in [-0.05, 0) is 18.7 Å². The van der Waals surface area contributed by atoms with E-state index in [0.717, 1.165) is 38.6 Å². The van der Waals surface area contributed by atoms with Crippen molar-refractivity contribution in [2.24, 2.45) is 0 Å². The van der Waals surface area contributed by atoms with E-state index in [1.807, 2.05) is 12.1 Å². The molecule has 5 nitrogen and oxygen atoms in total. The number of nitrogens with one attached hydrogen (secondary N) is 1. The van der Waals surface area contributed by atoms with Gasteiger partial charge in [-0.3, -0.25) is 4.90 Å². The predicted molar refractivity (Wildman–Crippen MR) is 69.0 cm³/mol. The molecule has 0 amide bonds. The first kappa shape index (κ1) is 12.1. The minimum Gasteiger partial charge on any atom is -0.397 e. The van der Waals surface area contributed by atoms with E-state index in [4.69, 9.17) is 10.5 Å². The normalized spacial score (nSPS) is 21.4. The van der Waals surface area contributed by atoms with Crippen LogP contribution in [0.3, 0.4) is 0 Å². The molecule has 0 aliphatic carbocycles. The summed E-state index contributed by atoms with van der Waals surface area (Å²) in [4.78, 5) is 6.59. The molecule has 17 heavy (non-hydrogen) atoms. The predicted octanol–water partition coefficient (Wildman–Crippen LogP) is 0.796. The molecule has 5 heteroatoms. The van der Waals surface area contributed by atoms with Gasteiger partial charge in [0.1, 0.15) is 5.82 Å². The Morgan fingerprint density at radius 3 is 3.18 bits per heavy atom. The highest BCUT2D eigenvalue weighted by molar-refractivity contribution is 5.43. The maximum atomic E-state index is 5.70. The van der Waals surface area contributed by atoms with Crippen molar-refractivity contribution < 1.29 is 4.74 Å². The van der Waals surface area contributed by atoms with Crippen LogP contribution in [0.15, 0.2) is 18.3 Å². The number of hydrogen-bond donors (Lipinski definition) is 2. The van der Waals surface area contributed by atoms with E-state index in [9.17, 15) is 0 Å². The Hall–Kier alpha value is -1.33. The van der Waals surface area contributed by atoms with Crippen LogP contribution in [0, 0.1) is 0 Å². The highest BCUT2D eigenvalue weighted by Crippen LogP contribution is 2.08. The van der Waals surface area contributed by atoms with Crippen LogP contribution in [0.4, 0.5) is 11.5 Å². The van der Waals surface area contributed by atoms with Gasteiger partial charge in [-0.15, -0.1) is 0 Å². The van der Waals surface area contributed by atoms with Crippen molar-refractivity contribution in [2.75, 3.05) is 43.8 Å². The SMILES string of the molecule is CCN1CCOC(CNc2ccc(N)cn2)C1. The van der Waals surface area contributed by atoms with Gasteiger partial charge in [-0.2, -0.15) is 0 Å². The van der Waals surface area contributed by atoms with Crippen molar-refractivity contribution in [3.8, 4) is 0 Å². The molecule has 1 unspecified atom stereocenters. The number of hydrogen-bond acceptors (Lipinski definition) is 5. The van der Waals surface area contributed by atoms with Crippen molar-refractivity contribution in [3.05, 3.63) is 18.3 Å². The first-order valence-corrected chi connectivity index (χ1v) is 6.07. The van der Waals surface area contributed by atoms with Crippen LogP contribution < -0.4 is 11.1 Å². The second-order valence-electron chi connectivity index (χ2n) is 4.24. The summed E-state index contributed by atoms with van der Waals surface area (Å²) in [5.74, 6) is 0.844. The molecule has 1 aliphatic rings. The lowest BCUT2D eigenvalue weighted by Gasteiger charge is -2.32. The Bertz CT molecular complexity index is 341. The molecule has 0 radical (unpaired) electrons. The third-order valence-corrected chi connectivity index (χ3v) is 2.97. The van der Waals surface area contributed by atoms with E-state index < -0.39 is 0 Å². The topological polar surface area (TPSA) is 63.4 Å². The Morgan fingerprint density at radius 2 is 2.47 bits per heavy atom. The van der Waals surface area contributed by atoms with Gasteiger partial charge in [0, 0.05) is 19.6 Å². The maximum absolute atomic E-state index is 5.70. The second kappa shape index (κ2) is 5.84. The summed E-state index contributed by atoms with van der Waals surface area (Å²) in [5, 5.41) is 3.27. The van der Waals surface area contributed by atoms with E-state index in [-0.39, 0.29) is 6.10 Å². The first-order valence-electron chi connectivity index (χ1n) is 6.07. The van der Waals surface area contributed by atoms with Gasteiger partial charge < -0.3 is 15.8 Å². The van der Waals surface area contributed by atoms with Gasteiger partial charge in [0.25, 0.3) is 0 Å². The van der Waals surface area contributed by atoms with Crippen LogP contribution in [-0.2, 0) is 4.74 Å². The summed E-state index contributed by atoms with van der Waals surface area (Å²) >= 11 is 0. The minimum atomic E-state index is 0.239. The average Bonchev–Trinajstić information content (AvgIpc) is 2.38. The molecular formula is C12H20N4O.